The summed E-state index contributed by atoms with van der Waals surface area (Å²) in [5.74, 6) is -0.251. The van der Waals surface area contributed by atoms with Crippen LogP contribution in [-0.4, -0.2) is 11.3 Å². The van der Waals surface area contributed by atoms with E-state index in [2.05, 4.69) is 6.92 Å². The number of carbonyl (C=O) groups is 1. The van der Waals surface area contributed by atoms with E-state index in [0.717, 1.165) is 12.8 Å². The molecule has 0 bridgehead atoms. The summed E-state index contributed by atoms with van der Waals surface area (Å²) in [7, 11) is 0. The van der Waals surface area contributed by atoms with Crippen molar-refractivity contribution >= 4 is 17.5 Å². The Morgan fingerprint density at radius 3 is 2.54 bits per heavy atom. The highest BCUT2D eigenvalue weighted by Gasteiger charge is 2.05. The van der Waals surface area contributed by atoms with Crippen molar-refractivity contribution in [1.29, 1.82) is 0 Å². The average molecular weight is 206 g/mol. The van der Waals surface area contributed by atoms with Crippen molar-refractivity contribution in [2.75, 3.05) is 0 Å². The minimum absolute atomic E-state index is 0.129. The van der Waals surface area contributed by atoms with Crippen molar-refractivity contribution in [3.05, 3.63) is 0 Å². The molecular formula is C10H20ClNO. The second-order valence-corrected chi connectivity index (χ2v) is 4.07. The van der Waals surface area contributed by atoms with Crippen LogP contribution in [-0.2, 0) is 4.79 Å². The molecule has 0 radical (unpaired) electrons. The molecule has 1 unspecified atom stereocenters. The molecule has 1 atom stereocenters. The number of alkyl halides is 1. The SMILES string of the molecule is CCCCCCC(Cl)CCC(N)=O. The van der Waals surface area contributed by atoms with E-state index >= 15 is 0 Å². The summed E-state index contributed by atoms with van der Waals surface area (Å²) in [5, 5.41) is 0.129. The summed E-state index contributed by atoms with van der Waals surface area (Å²) < 4.78 is 0. The van der Waals surface area contributed by atoms with Gasteiger partial charge in [-0.2, -0.15) is 0 Å². The van der Waals surface area contributed by atoms with Crippen molar-refractivity contribution in [2.24, 2.45) is 5.73 Å². The van der Waals surface area contributed by atoms with Crippen LogP contribution < -0.4 is 5.73 Å². The fourth-order valence-electron chi connectivity index (χ4n) is 1.24. The molecule has 0 aliphatic carbocycles. The normalized spacial score (nSPS) is 12.8. The third-order valence-electron chi connectivity index (χ3n) is 2.07. The lowest BCUT2D eigenvalue weighted by Crippen LogP contribution is -2.12. The predicted octanol–water partition coefficient (Wildman–Crippen LogP) is 2.83. The minimum Gasteiger partial charge on any atom is -0.370 e. The minimum atomic E-state index is -0.251. The maximum Gasteiger partial charge on any atom is 0.217 e. The molecule has 0 saturated carbocycles. The second kappa shape index (κ2) is 8.36. The van der Waals surface area contributed by atoms with Crippen molar-refractivity contribution in [3.8, 4) is 0 Å². The van der Waals surface area contributed by atoms with Crippen LogP contribution in [0.3, 0.4) is 0 Å². The molecule has 0 saturated heterocycles. The predicted molar refractivity (Wildman–Crippen MR) is 56.8 cm³/mol. The number of rotatable bonds is 8. The largest absolute Gasteiger partial charge is 0.370 e. The van der Waals surface area contributed by atoms with E-state index in [0.29, 0.717) is 6.42 Å². The Labute approximate surface area is 85.8 Å². The number of primary amides is 1. The van der Waals surface area contributed by atoms with Crippen LogP contribution in [0, 0.1) is 0 Å². The van der Waals surface area contributed by atoms with Crippen LogP contribution in [0.25, 0.3) is 0 Å². The van der Waals surface area contributed by atoms with Crippen LogP contribution in [0.1, 0.15) is 51.9 Å². The Hall–Kier alpha value is -0.240. The first-order valence-electron chi connectivity index (χ1n) is 5.09. The molecule has 0 spiro atoms. The van der Waals surface area contributed by atoms with E-state index in [1.807, 2.05) is 0 Å². The molecule has 0 aliphatic heterocycles. The van der Waals surface area contributed by atoms with E-state index in [-0.39, 0.29) is 11.3 Å². The van der Waals surface area contributed by atoms with Gasteiger partial charge in [-0.3, -0.25) is 4.79 Å². The van der Waals surface area contributed by atoms with Crippen LogP contribution in [0.4, 0.5) is 0 Å². The lowest BCUT2D eigenvalue weighted by atomic mass is 10.1. The zero-order chi connectivity index (χ0) is 10.1. The number of hydrogen-bond donors (Lipinski definition) is 1. The van der Waals surface area contributed by atoms with Crippen LogP contribution in [0.2, 0.25) is 0 Å². The van der Waals surface area contributed by atoms with Gasteiger partial charge < -0.3 is 5.73 Å². The van der Waals surface area contributed by atoms with Gasteiger partial charge >= 0.3 is 0 Å². The van der Waals surface area contributed by atoms with Gasteiger partial charge in [0.1, 0.15) is 0 Å². The quantitative estimate of drug-likeness (QED) is 0.481. The van der Waals surface area contributed by atoms with Gasteiger partial charge in [0.25, 0.3) is 0 Å². The summed E-state index contributed by atoms with van der Waals surface area (Å²) in [5.41, 5.74) is 5.02. The molecule has 0 aromatic carbocycles. The maximum absolute atomic E-state index is 10.4. The van der Waals surface area contributed by atoms with Gasteiger partial charge in [0.15, 0.2) is 0 Å². The highest BCUT2D eigenvalue weighted by Crippen LogP contribution is 2.14. The van der Waals surface area contributed by atoms with E-state index in [4.69, 9.17) is 17.3 Å². The van der Waals surface area contributed by atoms with Crippen molar-refractivity contribution in [3.63, 3.8) is 0 Å². The summed E-state index contributed by atoms with van der Waals surface area (Å²) in [6.45, 7) is 2.19. The number of amides is 1. The van der Waals surface area contributed by atoms with E-state index in [1.165, 1.54) is 25.7 Å². The van der Waals surface area contributed by atoms with Gasteiger partial charge in [-0.1, -0.05) is 32.6 Å². The molecule has 0 fully saturated rings. The zero-order valence-corrected chi connectivity index (χ0v) is 9.15. The lowest BCUT2D eigenvalue weighted by molar-refractivity contribution is -0.118. The summed E-state index contributed by atoms with van der Waals surface area (Å²) >= 11 is 6.00. The first-order valence-corrected chi connectivity index (χ1v) is 5.52. The Kier molecular flexibility index (Phi) is 8.21. The zero-order valence-electron chi connectivity index (χ0n) is 8.39. The molecule has 0 rings (SSSR count). The standard InChI is InChI=1S/C10H20ClNO/c1-2-3-4-5-6-9(11)7-8-10(12)13/h9H,2-8H2,1H3,(H2,12,13). The smallest absolute Gasteiger partial charge is 0.217 e. The maximum atomic E-state index is 10.4. The van der Waals surface area contributed by atoms with Crippen LogP contribution in [0.5, 0.6) is 0 Å². The first-order chi connectivity index (χ1) is 6.16. The highest BCUT2D eigenvalue weighted by atomic mass is 35.5. The third-order valence-corrected chi connectivity index (χ3v) is 2.51. The monoisotopic (exact) mass is 205 g/mol. The van der Waals surface area contributed by atoms with Crippen molar-refractivity contribution < 1.29 is 4.79 Å². The van der Waals surface area contributed by atoms with E-state index in [1.54, 1.807) is 0 Å². The fraction of sp³-hybridized carbons (Fsp3) is 0.900. The third kappa shape index (κ3) is 9.68. The van der Waals surface area contributed by atoms with E-state index < -0.39 is 0 Å². The van der Waals surface area contributed by atoms with Crippen LogP contribution in [0.15, 0.2) is 0 Å². The van der Waals surface area contributed by atoms with Crippen molar-refractivity contribution in [2.45, 2.75) is 57.2 Å². The summed E-state index contributed by atoms with van der Waals surface area (Å²) in [6, 6.07) is 0. The van der Waals surface area contributed by atoms with Crippen LogP contribution >= 0.6 is 11.6 Å². The molecule has 78 valence electrons. The number of carbonyl (C=O) groups excluding carboxylic acids is 1. The Bertz CT molecular complexity index is 139. The first kappa shape index (κ1) is 12.8. The molecule has 3 heteroatoms. The summed E-state index contributed by atoms with van der Waals surface area (Å²) in [4.78, 5) is 10.4. The molecule has 0 heterocycles. The Balaban J connectivity index is 3.19. The summed E-state index contributed by atoms with van der Waals surface area (Å²) in [6.07, 6.45) is 7.09. The van der Waals surface area contributed by atoms with Gasteiger partial charge in [-0.15, -0.1) is 11.6 Å². The molecule has 0 aromatic rings. The second-order valence-electron chi connectivity index (χ2n) is 3.45. The molecule has 1 amide bonds. The average Bonchev–Trinajstić information content (AvgIpc) is 2.09. The molecule has 2 N–H and O–H groups in total. The van der Waals surface area contributed by atoms with Crippen molar-refractivity contribution in [1.82, 2.24) is 0 Å². The molecular weight excluding hydrogens is 186 g/mol. The molecule has 2 nitrogen and oxygen atoms in total. The van der Waals surface area contributed by atoms with Gasteiger partial charge in [0.2, 0.25) is 5.91 Å². The van der Waals surface area contributed by atoms with E-state index in [9.17, 15) is 4.79 Å². The van der Waals surface area contributed by atoms with Gasteiger partial charge in [-0.25, -0.2) is 0 Å². The Morgan fingerprint density at radius 2 is 2.00 bits per heavy atom. The fourth-order valence-corrected chi connectivity index (χ4v) is 1.50. The molecule has 13 heavy (non-hydrogen) atoms. The number of nitrogens with two attached hydrogens (primary N) is 1. The number of unbranched alkanes of at least 4 members (excludes halogenated alkanes) is 3. The number of halogens is 1. The topological polar surface area (TPSA) is 43.1 Å². The lowest BCUT2D eigenvalue weighted by Gasteiger charge is -2.06. The molecule has 0 aromatic heterocycles. The highest BCUT2D eigenvalue weighted by molar-refractivity contribution is 6.20. The molecule has 0 aliphatic rings. The van der Waals surface area contributed by atoms with Gasteiger partial charge in [0.05, 0.1) is 0 Å². The number of hydrogen-bond acceptors (Lipinski definition) is 1. The van der Waals surface area contributed by atoms with Gasteiger partial charge in [-0.05, 0) is 12.8 Å². The Morgan fingerprint density at radius 1 is 1.31 bits per heavy atom. The van der Waals surface area contributed by atoms with Gasteiger partial charge in [0, 0.05) is 11.8 Å².